The highest BCUT2D eigenvalue weighted by molar-refractivity contribution is 5.91. The summed E-state index contributed by atoms with van der Waals surface area (Å²) in [6.45, 7) is 0.0926. The molecule has 2 N–H and O–H groups in total. The molecule has 0 aliphatic heterocycles. The average molecular weight is 509 g/mol. The number of aliphatic carboxylic acids is 2. The first kappa shape index (κ1) is 26.2. The van der Waals surface area contributed by atoms with Crippen LogP contribution in [0.4, 0.5) is 4.79 Å². The third kappa shape index (κ3) is 5.30. The number of hydrogen-bond acceptors (Lipinski definition) is 5. The van der Waals surface area contributed by atoms with Gasteiger partial charge < -0.3 is 19.8 Å². The second-order valence-corrected chi connectivity index (χ2v) is 9.81. The molecule has 1 unspecified atom stereocenters. The summed E-state index contributed by atoms with van der Waals surface area (Å²) in [5.41, 5.74) is 4.35. The van der Waals surface area contributed by atoms with Gasteiger partial charge in [0, 0.05) is 20.0 Å². The second kappa shape index (κ2) is 11.0. The molecule has 2 atom stereocenters. The third-order valence-corrected chi connectivity index (χ3v) is 7.61. The number of rotatable bonds is 9. The fourth-order valence-corrected chi connectivity index (χ4v) is 5.68. The number of fused-ring (bicyclic) bond motifs is 3. The lowest BCUT2D eigenvalue weighted by Gasteiger charge is -2.35. The molecule has 1 saturated carbocycles. The van der Waals surface area contributed by atoms with Gasteiger partial charge in [-0.2, -0.15) is 0 Å². The highest BCUT2D eigenvalue weighted by atomic mass is 16.6. The average Bonchev–Trinajstić information content (AvgIpc) is 3.52. The van der Waals surface area contributed by atoms with Gasteiger partial charge in [-0.3, -0.25) is 14.5 Å². The number of carboxylic acid groups (broad SMARTS) is 2. The van der Waals surface area contributed by atoms with E-state index in [1.54, 1.807) is 0 Å². The number of nitrogens with zero attached hydrogens (tertiary/aromatic N) is 2. The van der Waals surface area contributed by atoms with Gasteiger partial charge in [-0.1, -0.05) is 61.4 Å². The van der Waals surface area contributed by atoms with Crippen molar-refractivity contribution >= 4 is 23.9 Å². The summed E-state index contributed by atoms with van der Waals surface area (Å²) >= 11 is 0. The van der Waals surface area contributed by atoms with Gasteiger partial charge in [0.1, 0.15) is 18.7 Å². The van der Waals surface area contributed by atoms with Gasteiger partial charge >= 0.3 is 18.0 Å². The molecular weight excluding hydrogens is 476 g/mol. The predicted molar refractivity (Wildman–Crippen MR) is 135 cm³/mol. The first-order valence-electron chi connectivity index (χ1n) is 12.5. The Morgan fingerprint density at radius 2 is 1.43 bits per heavy atom. The van der Waals surface area contributed by atoms with Crippen molar-refractivity contribution in [2.75, 3.05) is 20.7 Å². The van der Waals surface area contributed by atoms with E-state index in [0.29, 0.717) is 12.8 Å². The molecule has 2 aromatic rings. The number of ether oxygens (including phenoxy) is 1. The molecule has 2 aliphatic rings. The van der Waals surface area contributed by atoms with Crippen molar-refractivity contribution in [1.29, 1.82) is 0 Å². The molecule has 9 nitrogen and oxygen atoms in total. The Balaban J connectivity index is 1.52. The lowest BCUT2D eigenvalue weighted by molar-refractivity contribution is -0.155. The summed E-state index contributed by atoms with van der Waals surface area (Å²) in [7, 11) is 2.76. The molecule has 2 aromatic carbocycles. The maximum absolute atomic E-state index is 13.5. The lowest BCUT2D eigenvalue weighted by atomic mass is 9.95. The number of carbonyl (C=O) groups excluding carboxylic acids is 2. The molecule has 37 heavy (non-hydrogen) atoms. The maximum atomic E-state index is 13.5. The van der Waals surface area contributed by atoms with Crippen molar-refractivity contribution in [3.8, 4) is 11.1 Å². The van der Waals surface area contributed by atoms with Crippen molar-refractivity contribution in [2.24, 2.45) is 5.92 Å². The first-order valence-corrected chi connectivity index (χ1v) is 12.5. The molecule has 2 amide bonds. The normalized spacial score (nSPS) is 16.4. The van der Waals surface area contributed by atoms with Gasteiger partial charge in [-0.05, 0) is 41.0 Å². The van der Waals surface area contributed by atoms with E-state index in [-0.39, 0.29) is 18.4 Å². The molecular formula is C28H32N2O7. The monoisotopic (exact) mass is 508 g/mol. The van der Waals surface area contributed by atoms with E-state index in [1.165, 1.54) is 19.0 Å². The van der Waals surface area contributed by atoms with Crippen LogP contribution in [0, 0.1) is 5.92 Å². The fraction of sp³-hybridized carbons (Fsp3) is 0.429. The quantitative estimate of drug-likeness (QED) is 0.528. The SMILES string of the molecule is CN(C(=O)OCC1c2ccccc2-c2ccccc21)C(C(=O)N(C)[C@@H](CC(=O)O)C(=O)O)C1CCCC1. The zero-order valence-corrected chi connectivity index (χ0v) is 21.0. The highest BCUT2D eigenvalue weighted by Crippen LogP contribution is 2.44. The van der Waals surface area contributed by atoms with Crippen LogP contribution < -0.4 is 0 Å². The maximum Gasteiger partial charge on any atom is 0.410 e. The molecule has 4 rings (SSSR count). The molecule has 0 saturated heterocycles. The molecule has 1 fully saturated rings. The standard InChI is InChI=1S/C28H32N2O7/c1-29(23(27(34)35)15-24(31)32)26(33)25(17-9-3-4-10-17)30(2)28(36)37-16-22-20-13-7-5-11-18(20)19-12-6-8-14-21(19)22/h5-8,11-14,17,22-23,25H,3-4,9-10,15-16H2,1-2H3,(H,31,32)(H,34,35)/t23-,25?/m0/s1. The van der Waals surface area contributed by atoms with Gasteiger partial charge in [0.15, 0.2) is 0 Å². The van der Waals surface area contributed by atoms with E-state index in [9.17, 15) is 24.3 Å². The zero-order chi connectivity index (χ0) is 26.7. The number of amides is 2. The van der Waals surface area contributed by atoms with Crippen LogP contribution in [0.5, 0.6) is 0 Å². The Morgan fingerprint density at radius 1 is 0.892 bits per heavy atom. The summed E-state index contributed by atoms with van der Waals surface area (Å²) in [5.74, 6) is -3.64. The summed E-state index contributed by atoms with van der Waals surface area (Å²) in [6.07, 6.45) is 1.81. The molecule has 0 bridgehead atoms. The van der Waals surface area contributed by atoms with Crippen LogP contribution in [0.15, 0.2) is 48.5 Å². The van der Waals surface area contributed by atoms with Crippen LogP contribution in [0.1, 0.15) is 49.1 Å². The molecule has 0 heterocycles. The molecule has 0 spiro atoms. The lowest BCUT2D eigenvalue weighted by Crippen LogP contribution is -2.55. The van der Waals surface area contributed by atoms with Crippen LogP contribution in [0.25, 0.3) is 11.1 Å². The smallest absolute Gasteiger partial charge is 0.410 e. The van der Waals surface area contributed by atoms with Gasteiger partial charge in [-0.15, -0.1) is 0 Å². The minimum atomic E-state index is -1.54. The third-order valence-electron chi connectivity index (χ3n) is 7.61. The topological polar surface area (TPSA) is 124 Å². The molecule has 0 aromatic heterocycles. The van der Waals surface area contributed by atoms with E-state index >= 15 is 0 Å². The minimum absolute atomic E-state index is 0.0926. The fourth-order valence-electron chi connectivity index (χ4n) is 5.68. The van der Waals surface area contributed by atoms with E-state index in [4.69, 9.17) is 9.84 Å². The largest absolute Gasteiger partial charge is 0.481 e. The van der Waals surface area contributed by atoms with Gasteiger partial charge in [0.2, 0.25) is 5.91 Å². The molecule has 2 aliphatic carbocycles. The second-order valence-electron chi connectivity index (χ2n) is 9.81. The zero-order valence-electron chi connectivity index (χ0n) is 21.0. The Bertz CT molecular complexity index is 1150. The van der Waals surface area contributed by atoms with Gasteiger partial charge in [0.05, 0.1) is 6.42 Å². The van der Waals surface area contributed by atoms with Crippen molar-refractivity contribution in [3.63, 3.8) is 0 Å². The van der Waals surface area contributed by atoms with E-state index in [2.05, 4.69) is 0 Å². The Hall–Kier alpha value is -3.88. The molecule has 0 radical (unpaired) electrons. The number of carbonyl (C=O) groups is 4. The van der Waals surface area contributed by atoms with Gasteiger partial charge in [-0.25, -0.2) is 9.59 Å². The summed E-state index contributed by atoms with van der Waals surface area (Å²) in [6, 6.07) is 13.5. The van der Waals surface area contributed by atoms with Crippen LogP contribution in [-0.2, 0) is 19.1 Å². The highest BCUT2D eigenvalue weighted by Gasteiger charge is 2.41. The van der Waals surface area contributed by atoms with Crippen LogP contribution in [0.2, 0.25) is 0 Å². The van der Waals surface area contributed by atoms with Crippen LogP contribution in [-0.4, -0.2) is 76.7 Å². The number of likely N-dealkylation sites (N-methyl/N-ethyl adjacent to an activating group) is 2. The first-order chi connectivity index (χ1) is 17.7. The predicted octanol–water partition coefficient (Wildman–Crippen LogP) is 3.81. The van der Waals surface area contributed by atoms with Crippen molar-refractivity contribution in [1.82, 2.24) is 9.80 Å². The van der Waals surface area contributed by atoms with E-state index in [0.717, 1.165) is 40.0 Å². The number of hydrogen-bond donors (Lipinski definition) is 2. The minimum Gasteiger partial charge on any atom is -0.481 e. The van der Waals surface area contributed by atoms with Crippen molar-refractivity contribution in [2.45, 2.75) is 50.1 Å². The van der Waals surface area contributed by atoms with E-state index in [1.807, 2.05) is 48.5 Å². The Labute approximate surface area is 215 Å². The number of benzene rings is 2. The summed E-state index contributed by atoms with van der Waals surface area (Å²) in [5, 5.41) is 18.7. The van der Waals surface area contributed by atoms with Crippen LogP contribution >= 0.6 is 0 Å². The van der Waals surface area contributed by atoms with Crippen molar-refractivity contribution in [3.05, 3.63) is 59.7 Å². The van der Waals surface area contributed by atoms with Crippen LogP contribution in [0.3, 0.4) is 0 Å². The molecule has 196 valence electrons. The Kier molecular flexibility index (Phi) is 7.80. The van der Waals surface area contributed by atoms with Gasteiger partial charge in [0.25, 0.3) is 0 Å². The summed E-state index contributed by atoms with van der Waals surface area (Å²) in [4.78, 5) is 51.9. The van der Waals surface area contributed by atoms with E-state index < -0.39 is 42.4 Å². The Morgan fingerprint density at radius 3 is 1.95 bits per heavy atom. The molecule has 9 heteroatoms. The summed E-state index contributed by atoms with van der Waals surface area (Å²) < 4.78 is 5.75. The van der Waals surface area contributed by atoms with Crippen molar-refractivity contribution < 1.29 is 34.1 Å². The number of carboxylic acids is 2.